The molecule has 5 nitrogen and oxygen atoms in total. The monoisotopic (exact) mass is 261 g/mol. The number of aromatic nitrogens is 3. The first-order valence-corrected chi connectivity index (χ1v) is 6.95. The van der Waals surface area contributed by atoms with E-state index in [9.17, 15) is 0 Å². The van der Waals surface area contributed by atoms with Crippen molar-refractivity contribution in [2.24, 2.45) is 0 Å². The molecule has 1 aromatic heterocycles. The number of aryl methyl sites for hydroxylation is 1. The van der Waals surface area contributed by atoms with E-state index in [4.69, 9.17) is 9.47 Å². The molecule has 3 rings (SSSR count). The van der Waals surface area contributed by atoms with Crippen molar-refractivity contribution in [3.8, 4) is 0 Å². The lowest BCUT2D eigenvalue weighted by Gasteiger charge is -2.22. The van der Waals surface area contributed by atoms with Crippen molar-refractivity contribution in [2.75, 3.05) is 13.2 Å². The largest absolute Gasteiger partial charge is 0.353 e. The van der Waals surface area contributed by atoms with E-state index in [0.717, 1.165) is 43.4 Å². The second-order valence-corrected chi connectivity index (χ2v) is 4.82. The maximum absolute atomic E-state index is 5.71. The fourth-order valence-electron chi connectivity index (χ4n) is 2.35. The van der Waals surface area contributed by atoms with Crippen LogP contribution in [0.5, 0.6) is 0 Å². The van der Waals surface area contributed by atoms with Crippen LogP contribution in [0, 0.1) is 0 Å². The van der Waals surface area contributed by atoms with E-state index in [1.807, 2.05) is 28.9 Å². The summed E-state index contributed by atoms with van der Waals surface area (Å²) in [5, 5.41) is 8.29. The van der Waals surface area contributed by atoms with Crippen molar-refractivity contribution in [2.45, 2.75) is 38.5 Å². The molecule has 5 heteroatoms. The van der Waals surface area contributed by atoms with Gasteiger partial charge >= 0.3 is 0 Å². The minimum absolute atomic E-state index is 0.00115. The molecule has 1 aliphatic heterocycles. The summed E-state index contributed by atoms with van der Waals surface area (Å²) in [6.07, 6.45) is 4.31. The maximum Gasteiger partial charge on any atom is 0.157 e. The number of rotatable bonds is 5. The van der Waals surface area contributed by atoms with Crippen molar-refractivity contribution in [1.82, 2.24) is 15.0 Å². The van der Waals surface area contributed by atoms with E-state index in [2.05, 4.69) is 10.3 Å². The quantitative estimate of drug-likeness (QED) is 0.775. The predicted molar refractivity (Wildman–Crippen MR) is 71.7 cm³/mol. The SMILES string of the molecule is c1ccc2c(c1)nnn2CCCOC1CCCCO1. The molecule has 0 N–H and O–H groups in total. The normalized spacial score (nSPS) is 19.9. The summed E-state index contributed by atoms with van der Waals surface area (Å²) in [5.41, 5.74) is 2.02. The van der Waals surface area contributed by atoms with Crippen LogP contribution in [0.2, 0.25) is 0 Å². The van der Waals surface area contributed by atoms with E-state index in [0.29, 0.717) is 6.61 Å². The van der Waals surface area contributed by atoms with Crippen LogP contribution in [-0.2, 0) is 16.0 Å². The average Bonchev–Trinajstić information content (AvgIpc) is 2.88. The molecule has 1 fully saturated rings. The molecule has 102 valence electrons. The van der Waals surface area contributed by atoms with Gasteiger partial charge in [-0.3, -0.25) is 0 Å². The minimum Gasteiger partial charge on any atom is -0.353 e. The van der Waals surface area contributed by atoms with Crippen LogP contribution in [0.15, 0.2) is 24.3 Å². The van der Waals surface area contributed by atoms with E-state index in [1.165, 1.54) is 6.42 Å². The molecule has 0 amide bonds. The Balaban J connectivity index is 1.47. The zero-order chi connectivity index (χ0) is 12.9. The molecule has 1 aromatic carbocycles. The third-order valence-electron chi connectivity index (χ3n) is 3.38. The Labute approximate surface area is 112 Å². The van der Waals surface area contributed by atoms with Gasteiger partial charge in [0, 0.05) is 13.2 Å². The summed E-state index contributed by atoms with van der Waals surface area (Å²) in [6.45, 7) is 2.37. The Morgan fingerprint density at radius 3 is 3.16 bits per heavy atom. The van der Waals surface area contributed by atoms with Gasteiger partial charge in [-0.2, -0.15) is 0 Å². The zero-order valence-electron chi connectivity index (χ0n) is 11.0. The van der Waals surface area contributed by atoms with Gasteiger partial charge in [0.05, 0.1) is 12.1 Å². The van der Waals surface area contributed by atoms with E-state index in [1.54, 1.807) is 0 Å². The fourth-order valence-corrected chi connectivity index (χ4v) is 2.35. The number of hydrogen-bond acceptors (Lipinski definition) is 4. The molecule has 2 aromatic rings. The van der Waals surface area contributed by atoms with Gasteiger partial charge in [0.2, 0.25) is 0 Å². The molecule has 0 spiro atoms. The lowest BCUT2D eigenvalue weighted by atomic mass is 10.2. The van der Waals surface area contributed by atoms with E-state index in [-0.39, 0.29) is 6.29 Å². The smallest absolute Gasteiger partial charge is 0.157 e. The van der Waals surface area contributed by atoms with Gasteiger partial charge in [-0.25, -0.2) is 4.68 Å². The van der Waals surface area contributed by atoms with Crippen LogP contribution in [0.4, 0.5) is 0 Å². The Morgan fingerprint density at radius 1 is 1.32 bits per heavy atom. The van der Waals surface area contributed by atoms with Crippen molar-refractivity contribution >= 4 is 11.0 Å². The molecule has 0 radical (unpaired) electrons. The third-order valence-corrected chi connectivity index (χ3v) is 3.38. The molecule has 2 heterocycles. The van der Waals surface area contributed by atoms with Crippen LogP contribution >= 0.6 is 0 Å². The molecule has 1 unspecified atom stereocenters. The molecular formula is C14H19N3O2. The summed E-state index contributed by atoms with van der Waals surface area (Å²) in [6, 6.07) is 8.01. The molecular weight excluding hydrogens is 242 g/mol. The van der Waals surface area contributed by atoms with Gasteiger partial charge in [-0.15, -0.1) is 5.10 Å². The summed E-state index contributed by atoms with van der Waals surface area (Å²) in [4.78, 5) is 0. The minimum atomic E-state index is 0.00115. The highest BCUT2D eigenvalue weighted by atomic mass is 16.7. The van der Waals surface area contributed by atoms with Crippen molar-refractivity contribution < 1.29 is 9.47 Å². The molecule has 0 aliphatic carbocycles. The molecule has 0 bridgehead atoms. The first-order valence-electron chi connectivity index (χ1n) is 6.95. The van der Waals surface area contributed by atoms with Crippen LogP contribution in [0.3, 0.4) is 0 Å². The second kappa shape index (κ2) is 6.12. The number of hydrogen-bond donors (Lipinski definition) is 0. The molecule has 1 atom stereocenters. The Hall–Kier alpha value is -1.46. The van der Waals surface area contributed by atoms with Crippen molar-refractivity contribution in [1.29, 1.82) is 0 Å². The first kappa shape index (κ1) is 12.6. The Morgan fingerprint density at radius 2 is 2.26 bits per heavy atom. The second-order valence-electron chi connectivity index (χ2n) is 4.82. The number of para-hydroxylation sites is 1. The lowest BCUT2D eigenvalue weighted by molar-refractivity contribution is -0.163. The standard InChI is InChI=1S/C14H19N3O2/c1-2-7-13-12(6-1)15-16-17(13)9-5-11-19-14-8-3-4-10-18-14/h1-2,6-7,14H,3-5,8-11H2. The van der Waals surface area contributed by atoms with Crippen LogP contribution in [0.1, 0.15) is 25.7 Å². The highest BCUT2D eigenvalue weighted by molar-refractivity contribution is 5.73. The number of fused-ring (bicyclic) bond motifs is 1. The first-order chi connectivity index (χ1) is 9.43. The van der Waals surface area contributed by atoms with Crippen molar-refractivity contribution in [3.63, 3.8) is 0 Å². The van der Waals surface area contributed by atoms with Gasteiger partial charge in [0.15, 0.2) is 6.29 Å². The topological polar surface area (TPSA) is 49.2 Å². The average molecular weight is 261 g/mol. The number of ether oxygens (including phenoxy) is 2. The van der Waals surface area contributed by atoms with E-state index >= 15 is 0 Å². The lowest BCUT2D eigenvalue weighted by Crippen LogP contribution is -2.23. The van der Waals surface area contributed by atoms with Gasteiger partial charge in [-0.1, -0.05) is 17.3 Å². The summed E-state index contributed by atoms with van der Waals surface area (Å²) in [7, 11) is 0. The predicted octanol–water partition coefficient (Wildman–Crippen LogP) is 2.36. The Bertz CT molecular complexity index is 520. The van der Waals surface area contributed by atoms with E-state index < -0.39 is 0 Å². The van der Waals surface area contributed by atoms with Crippen molar-refractivity contribution in [3.05, 3.63) is 24.3 Å². The summed E-state index contributed by atoms with van der Waals surface area (Å²) in [5.74, 6) is 0. The number of benzene rings is 1. The van der Waals surface area contributed by atoms with Gasteiger partial charge in [-0.05, 0) is 37.8 Å². The molecule has 0 saturated carbocycles. The Kier molecular flexibility index (Phi) is 4.05. The maximum atomic E-state index is 5.71. The van der Waals surface area contributed by atoms with Gasteiger partial charge in [0.25, 0.3) is 0 Å². The van der Waals surface area contributed by atoms with Crippen LogP contribution in [-0.4, -0.2) is 34.5 Å². The highest BCUT2D eigenvalue weighted by Crippen LogP contribution is 2.14. The molecule has 19 heavy (non-hydrogen) atoms. The fraction of sp³-hybridized carbons (Fsp3) is 0.571. The summed E-state index contributed by atoms with van der Waals surface area (Å²) >= 11 is 0. The molecule has 1 saturated heterocycles. The zero-order valence-corrected chi connectivity index (χ0v) is 11.0. The highest BCUT2D eigenvalue weighted by Gasteiger charge is 2.13. The van der Waals surface area contributed by atoms with Gasteiger partial charge < -0.3 is 9.47 Å². The van der Waals surface area contributed by atoms with Crippen LogP contribution < -0.4 is 0 Å². The third kappa shape index (κ3) is 3.11. The summed E-state index contributed by atoms with van der Waals surface area (Å²) < 4.78 is 13.2. The van der Waals surface area contributed by atoms with Crippen LogP contribution in [0.25, 0.3) is 11.0 Å². The molecule has 1 aliphatic rings. The van der Waals surface area contributed by atoms with Gasteiger partial charge in [0.1, 0.15) is 5.52 Å². The number of nitrogens with zero attached hydrogens (tertiary/aromatic N) is 3.